The van der Waals surface area contributed by atoms with Crippen molar-refractivity contribution < 1.29 is 13.5 Å². The maximum absolute atomic E-state index is 12.5. The predicted octanol–water partition coefficient (Wildman–Crippen LogP) is 3.36. The van der Waals surface area contributed by atoms with Gasteiger partial charge >= 0.3 is 0 Å². The van der Waals surface area contributed by atoms with E-state index in [0.717, 1.165) is 6.42 Å². The number of aliphatic hydroxyl groups is 1. The van der Waals surface area contributed by atoms with E-state index in [9.17, 15) is 13.5 Å². The van der Waals surface area contributed by atoms with Gasteiger partial charge in [0.05, 0.1) is 17.0 Å². The molecule has 0 aliphatic carbocycles. The van der Waals surface area contributed by atoms with E-state index < -0.39 is 22.2 Å². The molecule has 124 valence electrons. The third-order valence-electron chi connectivity index (χ3n) is 3.74. The molecule has 22 heavy (non-hydrogen) atoms. The molecular weight excluding hydrogens is 322 g/mol. The van der Waals surface area contributed by atoms with Crippen LogP contribution in [0.2, 0.25) is 5.02 Å². The molecule has 0 saturated heterocycles. The molecule has 1 rings (SSSR count). The van der Waals surface area contributed by atoms with Crippen molar-refractivity contribution >= 4 is 21.6 Å². The number of benzene rings is 1. The van der Waals surface area contributed by atoms with Crippen molar-refractivity contribution in [3.63, 3.8) is 0 Å². The van der Waals surface area contributed by atoms with Crippen LogP contribution in [0.4, 0.5) is 0 Å². The Balaban J connectivity index is 2.99. The molecule has 0 aliphatic rings. The van der Waals surface area contributed by atoms with Crippen LogP contribution in [0.5, 0.6) is 0 Å². The molecule has 1 aromatic carbocycles. The molecule has 1 aromatic rings. The van der Waals surface area contributed by atoms with Gasteiger partial charge in [0.2, 0.25) is 10.0 Å². The van der Waals surface area contributed by atoms with E-state index in [1.165, 1.54) is 12.1 Å². The van der Waals surface area contributed by atoms with Crippen molar-refractivity contribution in [3.05, 3.63) is 41.9 Å². The Morgan fingerprint density at radius 3 is 2.68 bits per heavy atom. The summed E-state index contributed by atoms with van der Waals surface area (Å²) in [7, 11) is -3.73. The zero-order valence-corrected chi connectivity index (χ0v) is 14.6. The SMILES string of the molecule is C=CCCC(O)[C@@H](NS(=O)(=O)c1cccc(Cl)c1)[C@@H](C)CC. The highest BCUT2D eigenvalue weighted by Crippen LogP contribution is 2.20. The number of rotatable bonds is 9. The average molecular weight is 346 g/mol. The quantitative estimate of drug-likeness (QED) is 0.674. The van der Waals surface area contributed by atoms with Crippen LogP contribution in [0.15, 0.2) is 41.8 Å². The minimum absolute atomic E-state index is 0.00812. The minimum atomic E-state index is -3.73. The maximum atomic E-state index is 12.5. The second kappa shape index (κ2) is 8.67. The number of sulfonamides is 1. The highest BCUT2D eigenvalue weighted by molar-refractivity contribution is 7.89. The summed E-state index contributed by atoms with van der Waals surface area (Å²) in [6.45, 7) is 7.51. The Kier molecular flexibility index (Phi) is 7.56. The fraction of sp³-hybridized carbons (Fsp3) is 0.500. The summed E-state index contributed by atoms with van der Waals surface area (Å²) in [4.78, 5) is 0.101. The summed E-state index contributed by atoms with van der Waals surface area (Å²) in [6.07, 6.45) is 2.81. The molecule has 2 N–H and O–H groups in total. The van der Waals surface area contributed by atoms with Crippen LogP contribution in [0, 0.1) is 5.92 Å². The van der Waals surface area contributed by atoms with Crippen LogP contribution >= 0.6 is 11.6 Å². The summed E-state index contributed by atoms with van der Waals surface area (Å²) >= 11 is 5.86. The Morgan fingerprint density at radius 2 is 2.14 bits per heavy atom. The first-order valence-corrected chi connectivity index (χ1v) is 9.24. The number of hydrogen-bond acceptors (Lipinski definition) is 3. The molecule has 0 aliphatic heterocycles. The molecule has 0 spiro atoms. The van der Waals surface area contributed by atoms with Gasteiger partial charge < -0.3 is 5.11 Å². The lowest BCUT2D eigenvalue weighted by Crippen LogP contribution is -2.47. The van der Waals surface area contributed by atoms with Gasteiger partial charge in [-0.2, -0.15) is 0 Å². The molecule has 0 amide bonds. The molecule has 3 atom stereocenters. The van der Waals surface area contributed by atoms with Crippen LogP contribution in [0.25, 0.3) is 0 Å². The van der Waals surface area contributed by atoms with Crippen molar-refractivity contribution in [2.24, 2.45) is 5.92 Å². The number of nitrogens with one attached hydrogen (secondary N) is 1. The Labute approximate surface area is 138 Å². The summed E-state index contributed by atoms with van der Waals surface area (Å²) in [5.74, 6) is 0.00812. The third-order valence-corrected chi connectivity index (χ3v) is 5.43. The molecule has 0 saturated carbocycles. The van der Waals surface area contributed by atoms with Gasteiger partial charge in [-0.25, -0.2) is 13.1 Å². The first-order chi connectivity index (χ1) is 10.3. The average Bonchev–Trinajstić information content (AvgIpc) is 2.49. The summed E-state index contributed by atoms with van der Waals surface area (Å²) in [5, 5.41) is 10.7. The standard InChI is InChI=1S/C16H24ClNO3S/c1-4-6-10-15(19)16(12(3)5-2)18-22(20,21)14-9-7-8-13(17)11-14/h4,7-9,11-12,15-16,18-19H,1,5-6,10H2,2-3H3/t12-,15?,16-/m0/s1. The zero-order valence-electron chi connectivity index (χ0n) is 13.0. The molecule has 0 fully saturated rings. The van der Waals surface area contributed by atoms with Crippen molar-refractivity contribution in [2.75, 3.05) is 0 Å². The lowest BCUT2D eigenvalue weighted by molar-refractivity contribution is 0.104. The molecule has 0 radical (unpaired) electrons. The predicted molar refractivity (Wildman–Crippen MR) is 90.5 cm³/mol. The van der Waals surface area contributed by atoms with Gasteiger partial charge in [0.15, 0.2) is 0 Å². The van der Waals surface area contributed by atoms with Crippen molar-refractivity contribution in [3.8, 4) is 0 Å². The Hall–Kier alpha value is -0.880. The van der Waals surface area contributed by atoms with Gasteiger partial charge in [-0.3, -0.25) is 0 Å². The monoisotopic (exact) mass is 345 g/mol. The van der Waals surface area contributed by atoms with E-state index in [2.05, 4.69) is 11.3 Å². The van der Waals surface area contributed by atoms with Crippen molar-refractivity contribution in [2.45, 2.75) is 50.2 Å². The van der Waals surface area contributed by atoms with Crippen LogP contribution in [-0.4, -0.2) is 25.7 Å². The number of halogens is 1. The van der Waals surface area contributed by atoms with Crippen LogP contribution in [-0.2, 0) is 10.0 Å². The number of hydrogen-bond donors (Lipinski definition) is 2. The first-order valence-electron chi connectivity index (χ1n) is 7.38. The zero-order chi connectivity index (χ0) is 16.8. The Bertz CT molecular complexity index is 589. The summed E-state index contributed by atoms with van der Waals surface area (Å²) < 4.78 is 27.6. The number of allylic oxidation sites excluding steroid dienone is 1. The molecule has 0 bridgehead atoms. The van der Waals surface area contributed by atoms with E-state index in [1.807, 2.05) is 13.8 Å². The fourth-order valence-electron chi connectivity index (χ4n) is 2.18. The van der Waals surface area contributed by atoms with Crippen LogP contribution in [0.3, 0.4) is 0 Å². The van der Waals surface area contributed by atoms with Crippen LogP contribution < -0.4 is 4.72 Å². The van der Waals surface area contributed by atoms with Gasteiger partial charge in [0.1, 0.15) is 0 Å². The van der Waals surface area contributed by atoms with Gasteiger partial charge in [-0.15, -0.1) is 6.58 Å². The summed E-state index contributed by atoms with van der Waals surface area (Å²) in [5.41, 5.74) is 0. The lowest BCUT2D eigenvalue weighted by Gasteiger charge is -2.28. The van der Waals surface area contributed by atoms with Crippen molar-refractivity contribution in [1.82, 2.24) is 4.72 Å². The maximum Gasteiger partial charge on any atom is 0.240 e. The van der Waals surface area contributed by atoms with Gasteiger partial charge in [-0.1, -0.05) is 44.0 Å². The van der Waals surface area contributed by atoms with E-state index in [4.69, 9.17) is 11.6 Å². The molecule has 1 unspecified atom stereocenters. The Morgan fingerprint density at radius 1 is 1.45 bits per heavy atom. The van der Waals surface area contributed by atoms with E-state index in [-0.39, 0.29) is 10.8 Å². The van der Waals surface area contributed by atoms with E-state index >= 15 is 0 Å². The summed E-state index contributed by atoms with van der Waals surface area (Å²) in [6, 6.07) is 5.54. The second-order valence-electron chi connectivity index (χ2n) is 5.42. The second-order valence-corrected chi connectivity index (χ2v) is 7.57. The fourth-order valence-corrected chi connectivity index (χ4v) is 3.86. The van der Waals surface area contributed by atoms with E-state index in [0.29, 0.717) is 17.9 Å². The third kappa shape index (κ3) is 5.39. The van der Waals surface area contributed by atoms with Gasteiger partial charge in [-0.05, 0) is 37.0 Å². The van der Waals surface area contributed by atoms with Gasteiger partial charge in [0.25, 0.3) is 0 Å². The minimum Gasteiger partial charge on any atom is -0.391 e. The molecule has 6 heteroatoms. The molecule has 0 heterocycles. The van der Waals surface area contributed by atoms with E-state index in [1.54, 1.807) is 18.2 Å². The van der Waals surface area contributed by atoms with Crippen LogP contribution in [0.1, 0.15) is 33.1 Å². The van der Waals surface area contributed by atoms with Gasteiger partial charge in [0, 0.05) is 5.02 Å². The number of aliphatic hydroxyl groups excluding tert-OH is 1. The normalized spacial score (nSPS) is 16.0. The highest BCUT2D eigenvalue weighted by Gasteiger charge is 2.29. The smallest absolute Gasteiger partial charge is 0.240 e. The van der Waals surface area contributed by atoms with Crippen molar-refractivity contribution in [1.29, 1.82) is 0 Å². The topological polar surface area (TPSA) is 66.4 Å². The largest absolute Gasteiger partial charge is 0.391 e. The lowest BCUT2D eigenvalue weighted by atomic mass is 9.93. The first kappa shape index (κ1) is 19.2. The molecular formula is C16H24ClNO3S. The molecule has 4 nitrogen and oxygen atoms in total. The molecule has 0 aromatic heterocycles. The highest BCUT2D eigenvalue weighted by atomic mass is 35.5.